The zero-order valence-corrected chi connectivity index (χ0v) is 10.3. The van der Waals surface area contributed by atoms with Crippen molar-refractivity contribution in [2.75, 3.05) is 19.3 Å². The first-order valence-corrected chi connectivity index (χ1v) is 6.73. The van der Waals surface area contributed by atoms with Crippen LogP contribution in [0.1, 0.15) is 11.3 Å². The van der Waals surface area contributed by atoms with Crippen LogP contribution < -0.4 is 10.0 Å². The maximum absolute atomic E-state index is 11.5. The van der Waals surface area contributed by atoms with E-state index in [2.05, 4.69) is 15.0 Å². The van der Waals surface area contributed by atoms with Gasteiger partial charge in [-0.2, -0.15) is 0 Å². The Hall–Kier alpha value is -0.980. The van der Waals surface area contributed by atoms with Gasteiger partial charge < -0.3 is 5.32 Å². The number of hydrogen-bond donors (Lipinski definition) is 2. The Kier molecular flexibility index (Phi) is 4.85. The van der Waals surface area contributed by atoms with Gasteiger partial charge in [0.05, 0.1) is 18.0 Å². The number of sulfonamides is 1. The fraction of sp³-hybridized carbons (Fsp3) is 0.500. The van der Waals surface area contributed by atoms with E-state index in [1.54, 1.807) is 13.2 Å². The largest absolute Gasteiger partial charge is 0.319 e. The molecule has 0 aromatic carbocycles. The molecule has 2 N–H and O–H groups in total. The average molecular weight is 243 g/mol. The molecule has 1 aromatic rings. The molecule has 0 spiro atoms. The minimum atomic E-state index is -3.21. The summed E-state index contributed by atoms with van der Waals surface area (Å²) in [7, 11) is -1.49. The second-order valence-electron chi connectivity index (χ2n) is 3.51. The van der Waals surface area contributed by atoms with Gasteiger partial charge in [-0.3, -0.25) is 4.98 Å². The molecule has 1 rings (SSSR count). The summed E-state index contributed by atoms with van der Waals surface area (Å²) in [6.07, 6.45) is 1.66. The molecule has 0 aliphatic carbocycles. The Bertz CT molecular complexity index is 431. The smallest absolute Gasteiger partial charge is 0.213 e. The van der Waals surface area contributed by atoms with Crippen LogP contribution in [0.25, 0.3) is 0 Å². The lowest BCUT2D eigenvalue weighted by Gasteiger charge is -2.07. The van der Waals surface area contributed by atoms with Crippen LogP contribution in [0.15, 0.2) is 18.3 Å². The molecule has 0 unspecified atom stereocenters. The molecule has 0 aliphatic rings. The molecule has 0 amide bonds. The Labute approximate surface area is 96.3 Å². The number of hydrogen-bond acceptors (Lipinski definition) is 4. The second-order valence-corrected chi connectivity index (χ2v) is 5.44. The van der Waals surface area contributed by atoms with Crippen LogP contribution in [0.3, 0.4) is 0 Å². The van der Waals surface area contributed by atoms with E-state index in [0.29, 0.717) is 6.54 Å². The minimum absolute atomic E-state index is 0.0788. The quantitative estimate of drug-likeness (QED) is 0.739. The highest BCUT2D eigenvalue weighted by molar-refractivity contribution is 7.89. The number of nitrogens with zero attached hydrogens (tertiary/aromatic N) is 1. The topological polar surface area (TPSA) is 71.1 Å². The monoisotopic (exact) mass is 243 g/mol. The van der Waals surface area contributed by atoms with E-state index in [0.717, 1.165) is 11.3 Å². The van der Waals surface area contributed by atoms with Gasteiger partial charge in [-0.1, -0.05) is 6.07 Å². The highest BCUT2D eigenvalue weighted by Gasteiger charge is 2.09. The number of pyridine rings is 1. The van der Waals surface area contributed by atoms with Gasteiger partial charge in [0.25, 0.3) is 0 Å². The first-order chi connectivity index (χ1) is 7.55. The van der Waals surface area contributed by atoms with E-state index >= 15 is 0 Å². The predicted octanol–water partition coefficient (Wildman–Crippen LogP) is 0.0288. The van der Waals surface area contributed by atoms with Crippen molar-refractivity contribution < 1.29 is 8.42 Å². The molecule has 0 atom stereocenters. The van der Waals surface area contributed by atoms with Gasteiger partial charge in [0.15, 0.2) is 0 Å². The normalized spacial score (nSPS) is 11.6. The summed E-state index contributed by atoms with van der Waals surface area (Å²) in [6, 6.07) is 3.73. The summed E-state index contributed by atoms with van der Waals surface area (Å²) in [6.45, 7) is 2.60. The molecule has 16 heavy (non-hydrogen) atoms. The molecule has 0 saturated heterocycles. The van der Waals surface area contributed by atoms with E-state index < -0.39 is 10.0 Å². The van der Waals surface area contributed by atoms with E-state index in [1.807, 2.05) is 19.1 Å². The lowest BCUT2D eigenvalue weighted by atomic mass is 10.2. The fourth-order valence-electron chi connectivity index (χ4n) is 1.19. The van der Waals surface area contributed by atoms with Crippen molar-refractivity contribution in [3.63, 3.8) is 0 Å². The second kappa shape index (κ2) is 5.93. The van der Waals surface area contributed by atoms with Crippen molar-refractivity contribution in [1.29, 1.82) is 0 Å². The molecule has 1 aromatic heterocycles. The van der Waals surface area contributed by atoms with Gasteiger partial charge >= 0.3 is 0 Å². The first kappa shape index (κ1) is 13.1. The third-order valence-electron chi connectivity index (χ3n) is 2.20. The number of aromatic nitrogens is 1. The highest BCUT2D eigenvalue weighted by Crippen LogP contribution is 2.02. The minimum Gasteiger partial charge on any atom is -0.319 e. The zero-order valence-electron chi connectivity index (χ0n) is 9.53. The van der Waals surface area contributed by atoms with Gasteiger partial charge in [0.2, 0.25) is 10.0 Å². The van der Waals surface area contributed by atoms with Crippen LogP contribution in [0.4, 0.5) is 0 Å². The third kappa shape index (κ3) is 4.26. The molecule has 1 heterocycles. The third-order valence-corrected chi connectivity index (χ3v) is 3.52. The predicted molar refractivity (Wildman–Crippen MR) is 63.5 cm³/mol. The molecule has 6 heteroatoms. The SMILES string of the molecule is CNCCS(=O)(=O)NCc1ncccc1C. The van der Waals surface area contributed by atoms with E-state index in [1.165, 1.54) is 0 Å². The van der Waals surface area contributed by atoms with Gasteiger partial charge in [0, 0.05) is 12.7 Å². The molecule has 0 fully saturated rings. The van der Waals surface area contributed by atoms with Gasteiger partial charge in [0.1, 0.15) is 0 Å². The van der Waals surface area contributed by atoms with Crippen molar-refractivity contribution in [1.82, 2.24) is 15.0 Å². The lowest BCUT2D eigenvalue weighted by Crippen LogP contribution is -2.30. The number of nitrogens with one attached hydrogen (secondary N) is 2. The van der Waals surface area contributed by atoms with Crippen LogP contribution in [0.2, 0.25) is 0 Å². The van der Waals surface area contributed by atoms with Crippen molar-refractivity contribution in [3.8, 4) is 0 Å². The molecule has 5 nitrogen and oxygen atoms in total. The van der Waals surface area contributed by atoms with E-state index in [9.17, 15) is 8.42 Å². The van der Waals surface area contributed by atoms with Crippen LogP contribution in [0, 0.1) is 6.92 Å². The lowest BCUT2D eigenvalue weighted by molar-refractivity contribution is 0.578. The van der Waals surface area contributed by atoms with Crippen molar-refractivity contribution in [3.05, 3.63) is 29.6 Å². The summed E-state index contributed by atoms with van der Waals surface area (Å²) >= 11 is 0. The van der Waals surface area contributed by atoms with Gasteiger partial charge in [-0.25, -0.2) is 13.1 Å². The number of rotatable bonds is 6. The molecule has 90 valence electrons. The van der Waals surface area contributed by atoms with Gasteiger partial charge in [-0.05, 0) is 25.6 Å². The number of aryl methyl sites for hydroxylation is 1. The van der Waals surface area contributed by atoms with Crippen molar-refractivity contribution in [2.24, 2.45) is 0 Å². The summed E-state index contributed by atoms with van der Waals surface area (Å²) in [5.41, 5.74) is 1.74. The summed E-state index contributed by atoms with van der Waals surface area (Å²) in [4.78, 5) is 4.12. The molecule has 0 radical (unpaired) electrons. The Morgan fingerprint density at radius 3 is 2.81 bits per heavy atom. The molecule has 0 aliphatic heterocycles. The van der Waals surface area contributed by atoms with Crippen LogP contribution >= 0.6 is 0 Å². The van der Waals surface area contributed by atoms with Crippen molar-refractivity contribution >= 4 is 10.0 Å². The Morgan fingerprint density at radius 1 is 1.44 bits per heavy atom. The highest BCUT2D eigenvalue weighted by atomic mass is 32.2. The summed E-state index contributed by atoms with van der Waals surface area (Å²) < 4.78 is 25.5. The zero-order chi connectivity index (χ0) is 12.0. The molecular weight excluding hydrogens is 226 g/mol. The maximum Gasteiger partial charge on any atom is 0.213 e. The van der Waals surface area contributed by atoms with Crippen LogP contribution in [0.5, 0.6) is 0 Å². The van der Waals surface area contributed by atoms with Crippen LogP contribution in [-0.2, 0) is 16.6 Å². The maximum atomic E-state index is 11.5. The molecular formula is C10H17N3O2S. The summed E-state index contributed by atoms with van der Waals surface area (Å²) in [5.74, 6) is 0.0788. The first-order valence-electron chi connectivity index (χ1n) is 5.07. The summed E-state index contributed by atoms with van der Waals surface area (Å²) in [5, 5.41) is 2.80. The molecule has 0 saturated carbocycles. The fourth-order valence-corrected chi connectivity index (χ4v) is 2.16. The Morgan fingerprint density at radius 2 is 2.19 bits per heavy atom. The van der Waals surface area contributed by atoms with Crippen molar-refractivity contribution in [2.45, 2.75) is 13.5 Å². The van der Waals surface area contributed by atoms with Crippen LogP contribution in [-0.4, -0.2) is 32.7 Å². The average Bonchev–Trinajstić information content (AvgIpc) is 2.26. The van der Waals surface area contributed by atoms with Gasteiger partial charge in [-0.15, -0.1) is 0 Å². The molecule has 0 bridgehead atoms. The standard InChI is InChI=1S/C10H17N3O2S/c1-9-4-3-5-12-10(9)8-13-16(14,15)7-6-11-2/h3-5,11,13H,6-8H2,1-2H3. The van der Waals surface area contributed by atoms with E-state index in [4.69, 9.17) is 0 Å². The Balaban J connectivity index is 2.55. The van der Waals surface area contributed by atoms with E-state index in [-0.39, 0.29) is 12.3 Å².